The standard InChI is InChI=1S/C19H19F3N6O3/c1-11-17(24-26-28(11)10-16-23-12(2)31-25-16)18(29)27-8-14(9-27)6-13-4-3-5-15(7-13)30-19(20,21)22/h3-5,7,14H,6,8-10H2,1-2H3. The third-order valence-electron chi connectivity index (χ3n) is 4.95. The summed E-state index contributed by atoms with van der Waals surface area (Å²) in [6, 6.07) is 5.89. The third kappa shape index (κ3) is 4.84. The van der Waals surface area contributed by atoms with E-state index in [9.17, 15) is 18.0 Å². The molecule has 164 valence electrons. The van der Waals surface area contributed by atoms with Crippen LogP contribution in [0.3, 0.4) is 0 Å². The fourth-order valence-corrected chi connectivity index (χ4v) is 3.47. The number of hydrogen-bond donors (Lipinski definition) is 0. The molecule has 1 fully saturated rings. The van der Waals surface area contributed by atoms with Crippen LogP contribution in [0.2, 0.25) is 0 Å². The summed E-state index contributed by atoms with van der Waals surface area (Å²) in [5, 5.41) is 11.8. The highest BCUT2D eigenvalue weighted by atomic mass is 19.4. The molecule has 1 aliphatic rings. The van der Waals surface area contributed by atoms with E-state index in [1.54, 1.807) is 24.8 Å². The molecule has 31 heavy (non-hydrogen) atoms. The number of carbonyl (C=O) groups is 1. The van der Waals surface area contributed by atoms with Gasteiger partial charge in [-0.3, -0.25) is 4.79 Å². The van der Waals surface area contributed by atoms with Gasteiger partial charge in [-0.05, 0) is 37.0 Å². The number of alkyl halides is 3. The monoisotopic (exact) mass is 436 g/mol. The second-order valence-corrected chi connectivity index (χ2v) is 7.39. The molecule has 3 heterocycles. The van der Waals surface area contributed by atoms with Crippen molar-refractivity contribution in [1.82, 2.24) is 30.0 Å². The molecule has 0 unspecified atom stereocenters. The number of hydrogen-bond acceptors (Lipinski definition) is 7. The quantitative estimate of drug-likeness (QED) is 0.586. The second kappa shape index (κ2) is 8.00. The molecule has 9 nitrogen and oxygen atoms in total. The normalized spacial score (nSPS) is 14.5. The van der Waals surface area contributed by atoms with Gasteiger partial charge in [0.1, 0.15) is 12.3 Å². The number of carbonyl (C=O) groups excluding carboxylic acids is 1. The van der Waals surface area contributed by atoms with E-state index in [0.717, 1.165) is 5.56 Å². The summed E-state index contributed by atoms with van der Waals surface area (Å²) in [7, 11) is 0. The summed E-state index contributed by atoms with van der Waals surface area (Å²) in [4.78, 5) is 18.5. The molecule has 12 heteroatoms. The van der Waals surface area contributed by atoms with Gasteiger partial charge in [-0.2, -0.15) is 4.98 Å². The van der Waals surface area contributed by atoms with Gasteiger partial charge in [0, 0.05) is 20.0 Å². The molecule has 1 aliphatic heterocycles. The average Bonchev–Trinajstić information content (AvgIpc) is 3.22. The van der Waals surface area contributed by atoms with E-state index in [2.05, 4.69) is 25.2 Å². The number of ether oxygens (including phenoxy) is 1. The number of aromatic nitrogens is 5. The van der Waals surface area contributed by atoms with Crippen molar-refractivity contribution in [2.75, 3.05) is 13.1 Å². The first kappa shape index (κ1) is 20.8. The van der Waals surface area contributed by atoms with Crippen molar-refractivity contribution in [2.45, 2.75) is 33.2 Å². The number of rotatable bonds is 6. The van der Waals surface area contributed by atoms with E-state index in [4.69, 9.17) is 4.52 Å². The Morgan fingerprint density at radius 2 is 2.06 bits per heavy atom. The van der Waals surface area contributed by atoms with Crippen molar-refractivity contribution in [3.05, 3.63) is 52.9 Å². The zero-order chi connectivity index (χ0) is 22.2. The summed E-state index contributed by atoms with van der Waals surface area (Å²) in [5.41, 5.74) is 1.56. The summed E-state index contributed by atoms with van der Waals surface area (Å²) in [5.74, 6) is 0.527. The minimum Gasteiger partial charge on any atom is -0.406 e. The predicted octanol–water partition coefficient (Wildman–Crippen LogP) is 2.54. The number of amides is 1. The first-order chi connectivity index (χ1) is 14.7. The maximum Gasteiger partial charge on any atom is 0.573 e. The molecular weight excluding hydrogens is 417 g/mol. The minimum absolute atomic E-state index is 0.141. The van der Waals surface area contributed by atoms with E-state index in [1.165, 1.54) is 22.9 Å². The fourth-order valence-electron chi connectivity index (χ4n) is 3.47. The van der Waals surface area contributed by atoms with Crippen LogP contribution in [0.1, 0.15) is 33.5 Å². The lowest BCUT2D eigenvalue weighted by atomic mass is 9.91. The van der Waals surface area contributed by atoms with E-state index in [0.29, 0.717) is 36.9 Å². The van der Waals surface area contributed by atoms with Gasteiger partial charge in [0.25, 0.3) is 5.91 Å². The average molecular weight is 436 g/mol. The molecule has 4 rings (SSSR count). The highest BCUT2D eigenvalue weighted by molar-refractivity contribution is 5.93. The van der Waals surface area contributed by atoms with Gasteiger partial charge < -0.3 is 14.2 Å². The van der Waals surface area contributed by atoms with Gasteiger partial charge in [-0.15, -0.1) is 18.3 Å². The molecule has 1 aromatic carbocycles. The van der Waals surface area contributed by atoms with Crippen LogP contribution >= 0.6 is 0 Å². The van der Waals surface area contributed by atoms with Crippen molar-refractivity contribution >= 4 is 5.91 Å². The van der Waals surface area contributed by atoms with E-state index >= 15 is 0 Å². The summed E-state index contributed by atoms with van der Waals surface area (Å²) < 4.78 is 47.6. The van der Waals surface area contributed by atoms with Crippen LogP contribution in [-0.4, -0.2) is 55.4 Å². The lowest BCUT2D eigenvalue weighted by Gasteiger charge is -2.39. The van der Waals surface area contributed by atoms with Crippen LogP contribution in [0, 0.1) is 19.8 Å². The SMILES string of the molecule is Cc1nc(Cn2nnc(C(=O)N3CC(Cc4cccc(OC(F)(F)F)c4)C3)c2C)no1. The Kier molecular flexibility index (Phi) is 5.38. The van der Waals surface area contributed by atoms with Crippen LogP contribution in [0.25, 0.3) is 0 Å². The van der Waals surface area contributed by atoms with Crippen LogP contribution in [0.15, 0.2) is 28.8 Å². The zero-order valence-corrected chi connectivity index (χ0v) is 16.8. The van der Waals surface area contributed by atoms with Crippen LogP contribution in [0.4, 0.5) is 13.2 Å². The highest BCUT2D eigenvalue weighted by Crippen LogP contribution is 2.27. The third-order valence-corrected chi connectivity index (χ3v) is 4.95. The van der Waals surface area contributed by atoms with Gasteiger partial charge in [0.05, 0.1) is 5.69 Å². The Labute approximate surface area is 174 Å². The van der Waals surface area contributed by atoms with E-state index < -0.39 is 6.36 Å². The van der Waals surface area contributed by atoms with Crippen molar-refractivity contribution in [1.29, 1.82) is 0 Å². The Bertz CT molecular complexity index is 1090. The number of likely N-dealkylation sites (tertiary alicyclic amines) is 1. The first-order valence-electron chi connectivity index (χ1n) is 9.51. The summed E-state index contributed by atoms with van der Waals surface area (Å²) in [6.07, 6.45) is -4.18. The second-order valence-electron chi connectivity index (χ2n) is 7.39. The molecular formula is C19H19F3N6O3. The van der Waals surface area contributed by atoms with Gasteiger partial charge in [0.15, 0.2) is 11.5 Å². The minimum atomic E-state index is -4.73. The number of halogens is 3. The lowest BCUT2D eigenvalue weighted by molar-refractivity contribution is -0.274. The molecule has 0 spiro atoms. The first-order valence-corrected chi connectivity index (χ1v) is 9.51. The molecule has 3 aromatic rings. The van der Waals surface area contributed by atoms with E-state index in [1.807, 2.05) is 0 Å². The smallest absolute Gasteiger partial charge is 0.406 e. The maximum atomic E-state index is 12.7. The van der Waals surface area contributed by atoms with Crippen LogP contribution in [0.5, 0.6) is 5.75 Å². The van der Waals surface area contributed by atoms with Crippen molar-refractivity contribution in [2.24, 2.45) is 5.92 Å². The molecule has 0 N–H and O–H groups in total. The molecule has 1 saturated heterocycles. The Morgan fingerprint density at radius 3 is 2.74 bits per heavy atom. The zero-order valence-electron chi connectivity index (χ0n) is 16.8. The Balaban J connectivity index is 1.33. The van der Waals surface area contributed by atoms with Crippen molar-refractivity contribution in [3.8, 4) is 5.75 Å². The molecule has 0 atom stereocenters. The maximum absolute atomic E-state index is 12.7. The van der Waals surface area contributed by atoms with Crippen LogP contribution < -0.4 is 4.74 Å². The summed E-state index contributed by atoms with van der Waals surface area (Å²) in [6.45, 7) is 4.63. The summed E-state index contributed by atoms with van der Waals surface area (Å²) >= 11 is 0. The predicted molar refractivity (Wildman–Crippen MR) is 99.1 cm³/mol. The number of aryl methyl sites for hydroxylation is 1. The van der Waals surface area contributed by atoms with Gasteiger partial charge in [-0.1, -0.05) is 22.5 Å². The fraction of sp³-hybridized carbons (Fsp3) is 0.421. The molecule has 2 aromatic heterocycles. The lowest BCUT2D eigenvalue weighted by Crippen LogP contribution is -2.51. The van der Waals surface area contributed by atoms with Crippen molar-refractivity contribution < 1.29 is 27.2 Å². The van der Waals surface area contributed by atoms with E-state index in [-0.39, 0.29) is 29.8 Å². The molecule has 1 amide bonds. The van der Waals surface area contributed by atoms with Crippen LogP contribution in [-0.2, 0) is 13.0 Å². The molecule has 0 aliphatic carbocycles. The van der Waals surface area contributed by atoms with Gasteiger partial charge in [0.2, 0.25) is 5.89 Å². The van der Waals surface area contributed by atoms with Gasteiger partial charge >= 0.3 is 6.36 Å². The number of benzene rings is 1. The number of nitrogens with zero attached hydrogens (tertiary/aromatic N) is 6. The Hall–Kier alpha value is -3.44. The Morgan fingerprint density at radius 1 is 1.29 bits per heavy atom. The van der Waals surface area contributed by atoms with Gasteiger partial charge in [-0.25, -0.2) is 4.68 Å². The largest absolute Gasteiger partial charge is 0.573 e. The molecule has 0 radical (unpaired) electrons. The van der Waals surface area contributed by atoms with Crippen molar-refractivity contribution in [3.63, 3.8) is 0 Å². The topological polar surface area (TPSA) is 99.2 Å². The highest BCUT2D eigenvalue weighted by Gasteiger charge is 2.34. The molecule has 0 bridgehead atoms. The molecule has 0 saturated carbocycles.